The van der Waals surface area contributed by atoms with Gasteiger partial charge in [0.15, 0.2) is 11.5 Å². The lowest BCUT2D eigenvalue weighted by molar-refractivity contribution is 0.0928. The molecular weight excluding hydrogens is 298 g/mol. The molecule has 6 heteroatoms. The number of allylic oxidation sites excluding steroid dienone is 2. The van der Waals surface area contributed by atoms with Crippen LogP contribution in [0.1, 0.15) is 24.5 Å². The van der Waals surface area contributed by atoms with Crippen molar-refractivity contribution in [1.29, 1.82) is 0 Å². The molecule has 4 N–H and O–H groups in total. The van der Waals surface area contributed by atoms with E-state index in [9.17, 15) is 25.3 Å². The molecule has 0 fully saturated rings. The molecule has 0 amide bonds. The maximum atomic E-state index is 10.9. The van der Waals surface area contributed by atoms with Crippen LogP contribution in [0.15, 0.2) is 41.0 Å². The van der Waals surface area contributed by atoms with Crippen LogP contribution < -0.4 is 0 Å². The molecule has 2 rings (SSSR count). The quantitative estimate of drug-likeness (QED) is 0.620. The van der Waals surface area contributed by atoms with Gasteiger partial charge in [-0.25, -0.2) is 0 Å². The molecule has 1 aromatic carbocycles. The molecule has 0 saturated heterocycles. The maximum Gasteiger partial charge on any atom is 0.153 e. The van der Waals surface area contributed by atoms with Crippen molar-refractivity contribution in [2.24, 2.45) is 17.0 Å². The normalized spacial score (nSPS) is 20.4. The minimum absolute atomic E-state index is 0.0378. The van der Waals surface area contributed by atoms with Crippen LogP contribution in [0.4, 0.5) is 5.69 Å². The van der Waals surface area contributed by atoms with Crippen molar-refractivity contribution < 1.29 is 20.4 Å². The van der Waals surface area contributed by atoms with Gasteiger partial charge in [0.05, 0.1) is 6.10 Å². The zero-order chi connectivity index (χ0) is 17.1. The van der Waals surface area contributed by atoms with E-state index in [0.717, 1.165) is 0 Å². The van der Waals surface area contributed by atoms with E-state index in [1.165, 1.54) is 24.3 Å². The van der Waals surface area contributed by atoms with Crippen LogP contribution in [0.2, 0.25) is 0 Å². The highest BCUT2D eigenvalue weighted by atomic mass is 16.3. The van der Waals surface area contributed by atoms with Crippen LogP contribution in [0.3, 0.4) is 0 Å². The Labute approximate surface area is 134 Å². The Kier molecular flexibility index (Phi) is 5.05. The highest BCUT2D eigenvalue weighted by molar-refractivity contribution is 5.54. The predicted molar refractivity (Wildman–Crippen MR) is 86.7 cm³/mol. The van der Waals surface area contributed by atoms with Crippen LogP contribution in [0.5, 0.6) is 5.75 Å². The third-order valence-corrected chi connectivity index (χ3v) is 4.45. The second kappa shape index (κ2) is 6.83. The standard InChI is InChI=1S/C17H21NO5/c1-9-5-12(19)7-14(18-23)13(9)8-16(21)10(2)11-3-4-15(20)17(22)6-11/h4-7,10-11,16,19-22H,3,8H2,1-2H3/t10-,11?,16-/m1/s1. The lowest BCUT2D eigenvalue weighted by atomic mass is 9.81. The minimum Gasteiger partial charge on any atom is -0.508 e. The van der Waals surface area contributed by atoms with Gasteiger partial charge in [0, 0.05) is 12.5 Å². The Morgan fingerprint density at radius 1 is 1.26 bits per heavy atom. The van der Waals surface area contributed by atoms with Gasteiger partial charge in [-0.05, 0) is 59.7 Å². The van der Waals surface area contributed by atoms with Gasteiger partial charge < -0.3 is 20.4 Å². The Bertz CT molecular complexity index is 665. The molecule has 3 atom stereocenters. The molecule has 124 valence electrons. The number of nitrogens with zero attached hydrogens (tertiary/aromatic N) is 1. The number of rotatable bonds is 5. The second-order valence-corrected chi connectivity index (χ2v) is 6.02. The molecule has 1 aromatic rings. The van der Waals surface area contributed by atoms with Crippen LogP contribution in [0, 0.1) is 23.7 Å². The minimum atomic E-state index is -0.763. The summed E-state index contributed by atoms with van der Waals surface area (Å²) < 4.78 is 0. The number of aryl methyl sites for hydroxylation is 1. The first-order chi connectivity index (χ1) is 10.8. The fourth-order valence-corrected chi connectivity index (χ4v) is 2.88. The van der Waals surface area contributed by atoms with Gasteiger partial charge in [-0.3, -0.25) is 0 Å². The van der Waals surface area contributed by atoms with Crippen molar-refractivity contribution in [3.63, 3.8) is 0 Å². The fourth-order valence-electron chi connectivity index (χ4n) is 2.88. The molecule has 0 spiro atoms. The van der Waals surface area contributed by atoms with E-state index in [-0.39, 0.29) is 41.2 Å². The molecule has 6 nitrogen and oxygen atoms in total. The van der Waals surface area contributed by atoms with Gasteiger partial charge in [0.1, 0.15) is 11.4 Å². The van der Waals surface area contributed by atoms with Crippen LogP contribution >= 0.6 is 0 Å². The first-order valence-electron chi connectivity index (χ1n) is 7.47. The number of aliphatic hydroxyl groups excluding tert-OH is 3. The highest BCUT2D eigenvalue weighted by Gasteiger charge is 2.27. The summed E-state index contributed by atoms with van der Waals surface area (Å²) in [7, 11) is 0. The molecule has 23 heavy (non-hydrogen) atoms. The molecule has 0 aliphatic heterocycles. The number of benzene rings is 1. The molecule has 0 radical (unpaired) electrons. The highest BCUT2D eigenvalue weighted by Crippen LogP contribution is 2.33. The van der Waals surface area contributed by atoms with E-state index in [1.54, 1.807) is 6.92 Å². The molecule has 1 unspecified atom stereocenters. The largest absolute Gasteiger partial charge is 0.508 e. The Morgan fingerprint density at radius 3 is 2.57 bits per heavy atom. The maximum absolute atomic E-state index is 10.9. The lowest BCUT2D eigenvalue weighted by Gasteiger charge is -2.27. The first kappa shape index (κ1) is 17.0. The smallest absolute Gasteiger partial charge is 0.153 e. The Morgan fingerprint density at radius 2 is 1.96 bits per heavy atom. The van der Waals surface area contributed by atoms with Gasteiger partial charge in [0.25, 0.3) is 0 Å². The monoisotopic (exact) mass is 319 g/mol. The van der Waals surface area contributed by atoms with Crippen LogP contribution in [-0.4, -0.2) is 26.5 Å². The number of phenols is 1. The zero-order valence-electron chi connectivity index (χ0n) is 13.1. The molecule has 0 saturated carbocycles. The van der Waals surface area contributed by atoms with Gasteiger partial charge in [-0.2, -0.15) is 0 Å². The van der Waals surface area contributed by atoms with Crippen molar-refractivity contribution in [2.45, 2.75) is 32.8 Å². The summed E-state index contributed by atoms with van der Waals surface area (Å²) in [4.78, 5) is 10.9. The van der Waals surface area contributed by atoms with Gasteiger partial charge in [-0.1, -0.05) is 6.92 Å². The van der Waals surface area contributed by atoms with E-state index < -0.39 is 6.10 Å². The average molecular weight is 319 g/mol. The van der Waals surface area contributed by atoms with E-state index >= 15 is 0 Å². The topological polar surface area (TPSA) is 110 Å². The number of hydrogen-bond donors (Lipinski definition) is 4. The fraction of sp³-hybridized carbons (Fsp3) is 0.412. The molecule has 0 bridgehead atoms. The van der Waals surface area contributed by atoms with Crippen molar-refractivity contribution in [2.75, 3.05) is 0 Å². The summed E-state index contributed by atoms with van der Waals surface area (Å²) in [5, 5.41) is 41.9. The van der Waals surface area contributed by atoms with Gasteiger partial charge in [-0.15, -0.1) is 4.91 Å². The Hall–Kier alpha value is -2.34. The lowest BCUT2D eigenvalue weighted by Crippen LogP contribution is -2.28. The summed E-state index contributed by atoms with van der Waals surface area (Å²) in [6.45, 7) is 3.59. The third-order valence-electron chi connectivity index (χ3n) is 4.45. The Balaban J connectivity index is 2.16. The van der Waals surface area contributed by atoms with Gasteiger partial charge in [0.2, 0.25) is 0 Å². The first-order valence-corrected chi connectivity index (χ1v) is 7.47. The second-order valence-electron chi connectivity index (χ2n) is 6.02. The number of hydrogen-bond acceptors (Lipinski definition) is 6. The van der Waals surface area contributed by atoms with Crippen molar-refractivity contribution in [3.8, 4) is 5.75 Å². The average Bonchev–Trinajstić information content (AvgIpc) is 2.51. The number of phenolic OH excluding ortho intramolecular Hbond substituents is 1. The zero-order valence-corrected chi connectivity index (χ0v) is 13.1. The summed E-state index contributed by atoms with van der Waals surface area (Å²) >= 11 is 0. The summed E-state index contributed by atoms with van der Waals surface area (Å²) in [6, 6.07) is 2.80. The van der Waals surface area contributed by atoms with Crippen LogP contribution in [0.25, 0.3) is 0 Å². The third kappa shape index (κ3) is 3.71. The van der Waals surface area contributed by atoms with E-state index in [0.29, 0.717) is 17.5 Å². The molecule has 0 aromatic heterocycles. The van der Waals surface area contributed by atoms with Crippen molar-refractivity contribution >= 4 is 5.69 Å². The number of aliphatic hydroxyl groups is 3. The van der Waals surface area contributed by atoms with Crippen molar-refractivity contribution in [1.82, 2.24) is 0 Å². The van der Waals surface area contributed by atoms with E-state index in [2.05, 4.69) is 5.18 Å². The SMILES string of the molecule is Cc1cc(O)cc(N=O)c1C[C@@H](O)[C@H](C)C1C=C(O)C(O)=CC1. The summed E-state index contributed by atoms with van der Waals surface area (Å²) in [5.41, 5.74) is 1.40. The summed E-state index contributed by atoms with van der Waals surface area (Å²) in [5.74, 6) is -0.689. The number of aromatic hydroxyl groups is 1. The van der Waals surface area contributed by atoms with E-state index in [4.69, 9.17) is 0 Å². The van der Waals surface area contributed by atoms with E-state index in [1.807, 2.05) is 6.92 Å². The van der Waals surface area contributed by atoms with Crippen molar-refractivity contribution in [3.05, 3.63) is 51.8 Å². The molecule has 1 aliphatic rings. The van der Waals surface area contributed by atoms with Gasteiger partial charge >= 0.3 is 0 Å². The molecule has 1 aliphatic carbocycles. The number of nitroso groups, excluding NO2 is 1. The molecular formula is C17H21NO5. The summed E-state index contributed by atoms with van der Waals surface area (Å²) in [6.07, 6.45) is 3.02. The molecule has 0 heterocycles. The predicted octanol–water partition coefficient (Wildman–Crippen LogP) is 3.54. The van der Waals surface area contributed by atoms with Crippen LogP contribution in [-0.2, 0) is 6.42 Å².